The van der Waals surface area contributed by atoms with E-state index in [4.69, 9.17) is 0 Å². The maximum absolute atomic E-state index is 12.1. The quantitative estimate of drug-likeness (QED) is 0.840. The van der Waals surface area contributed by atoms with Gasteiger partial charge in [0.25, 0.3) is 0 Å². The molecule has 0 fully saturated rings. The molecule has 2 rings (SSSR count). The summed E-state index contributed by atoms with van der Waals surface area (Å²) in [6, 6.07) is 10.2. The van der Waals surface area contributed by atoms with Crippen LogP contribution in [0, 0.1) is 19.8 Å². The molecule has 3 heteroatoms. The Morgan fingerprint density at radius 3 is 2.52 bits per heavy atom. The summed E-state index contributed by atoms with van der Waals surface area (Å²) in [5, 5.41) is 2.99. The van der Waals surface area contributed by atoms with Crippen molar-refractivity contribution in [1.82, 2.24) is 10.3 Å². The second kappa shape index (κ2) is 7.11. The van der Waals surface area contributed by atoms with Gasteiger partial charge >= 0.3 is 0 Å². The first kappa shape index (κ1) is 15.4. The molecule has 111 valence electrons. The van der Waals surface area contributed by atoms with Gasteiger partial charge in [0.1, 0.15) is 0 Å². The Morgan fingerprint density at radius 2 is 1.90 bits per heavy atom. The van der Waals surface area contributed by atoms with Crippen LogP contribution in [0.15, 0.2) is 36.5 Å². The number of aryl methyl sites for hydroxylation is 1. The molecular weight excluding hydrogens is 260 g/mol. The van der Waals surface area contributed by atoms with E-state index in [2.05, 4.69) is 29.4 Å². The van der Waals surface area contributed by atoms with Crippen molar-refractivity contribution in [2.45, 2.75) is 33.6 Å². The SMILES string of the molecule is C[C](Cc1c[nH]c(C)c1C)C(=O)NCCc1ccccc1. The predicted molar refractivity (Wildman–Crippen MR) is 86.0 cm³/mol. The van der Waals surface area contributed by atoms with Crippen molar-refractivity contribution in [1.29, 1.82) is 0 Å². The zero-order valence-corrected chi connectivity index (χ0v) is 13.0. The summed E-state index contributed by atoms with van der Waals surface area (Å²) >= 11 is 0. The average Bonchev–Trinajstić information content (AvgIpc) is 2.80. The Balaban J connectivity index is 1.79. The van der Waals surface area contributed by atoms with E-state index in [9.17, 15) is 4.79 Å². The zero-order valence-electron chi connectivity index (χ0n) is 13.0. The predicted octanol–water partition coefficient (Wildman–Crippen LogP) is 3.13. The van der Waals surface area contributed by atoms with Crippen LogP contribution in [0.25, 0.3) is 0 Å². The maximum Gasteiger partial charge on any atom is 0.227 e. The molecule has 0 bridgehead atoms. The van der Waals surface area contributed by atoms with E-state index < -0.39 is 0 Å². The third-order valence-corrected chi connectivity index (χ3v) is 3.89. The molecular formula is C18H23N2O. The average molecular weight is 283 g/mol. The smallest absolute Gasteiger partial charge is 0.227 e. The number of rotatable bonds is 6. The van der Waals surface area contributed by atoms with E-state index in [1.54, 1.807) is 0 Å². The van der Waals surface area contributed by atoms with Crippen molar-refractivity contribution >= 4 is 5.91 Å². The first-order valence-corrected chi connectivity index (χ1v) is 7.36. The second-order valence-corrected chi connectivity index (χ2v) is 5.51. The maximum atomic E-state index is 12.1. The van der Waals surface area contributed by atoms with Crippen LogP contribution >= 0.6 is 0 Å². The number of nitrogens with one attached hydrogen (secondary N) is 2. The van der Waals surface area contributed by atoms with Crippen LogP contribution in [0.4, 0.5) is 0 Å². The lowest BCUT2D eigenvalue weighted by Gasteiger charge is -2.11. The van der Waals surface area contributed by atoms with E-state index in [0.29, 0.717) is 13.0 Å². The van der Waals surface area contributed by atoms with Crippen molar-refractivity contribution in [2.24, 2.45) is 0 Å². The number of benzene rings is 1. The minimum absolute atomic E-state index is 0.0455. The summed E-state index contributed by atoms with van der Waals surface area (Å²) in [5.41, 5.74) is 4.85. The fourth-order valence-electron chi connectivity index (χ4n) is 2.32. The number of H-pyrrole nitrogens is 1. The molecule has 0 unspecified atom stereocenters. The molecule has 2 aromatic rings. The van der Waals surface area contributed by atoms with E-state index in [1.807, 2.05) is 38.2 Å². The van der Waals surface area contributed by atoms with Crippen LogP contribution in [0.3, 0.4) is 0 Å². The van der Waals surface area contributed by atoms with Crippen LogP contribution < -0.4 is 5.32 Å². The molecule has 0 atom stereocenters. The van der Waals surface area contributed by atoms with Gasteiger partial charge < -0.3 is 10.3 Å². The number of hydrogen-bond donors (Lipinski definition) is 2. The summed E-state index contributed by atoms with van der Waals surface area (Å²) in [5.74, 6) is 0.898. The molecule has 0 spiro atoms. The number of aromatic amines is 1. The molecule has 1 aromatic carbocycles. The van der Waals surface area contributed by atoms with Gasteiger partial charge in [-0.05, 0) is 50.3 Å². The van der Waals surface area contributed by atoms with Crippen LogP contribution in [0.5, 0.6) is 0 Å². The van der Waals surface area contributed by atoms with E-state index in [1.165, 1.54) is 22.4 Å². The molecule has 3 nitrogen and oxygen atoms in total. The highest BCUT2D eigenvalue weighted by Gasteiger charge is 2.16. The lowest BCUT2D eigenvalue weighted by Crippen LogP contribution is -2.30. The molecule has 0 aliphatic heterocycles. The third-order valence-electron chi connectivity index (χ3n) is 3.89. The molecule has 0 aliphatic rings. The van der Waals surface area contributed by atoms with Crippen molar-refractivity contribution in [3.63, 3.8) is 0 Å². The second-order valence-electron chi connectivity index (χ2n) is 5.51. The van der Waals surface area contributed by atoms with E-state index in [-0.39, 0.29) is 5.91 Å². The molecule has 0 saturated heterocycles. The topological polar surface area (TPSA) is 44.9 Å². The van der Waals surface area contributed by atoms with Crippen LogP contribution in [-0.2, 0) is 17.6 Å². The van der Waals surface area contributed by atoms with Gasteiger partial charge in [-0.1, -0.05) is 30.3 Å². The first-order chi connectivity index (χ1) is 10.1. The van der Waals surface area contributed by atoms with Gasteiger partial charge in [0.15, 0.2) is 0 Å². The number of amides is 1. The zero-order chi connectivity index (χ0) is 15.2. The summed E-state index contributed by atoms with van der Waals surface area (Å²) in [6.45, 7) is 6.71. The largest absolute Gasteiger partial charge is 0.365 e. The monoisotopic (exact) mass is 283 g/mol. The Kier molecular flexibility index (Phi) is 5.20. The summed E-state index contributed by atoms with van der Waals surface area (Å²) in [4.78, 5) is 15.3. The first-order valence-electron chi connectivity index (χ1n) is 7.36. The van der Waals surface area contributed by atoms with Crippen LogP contribution in [-0.4, -0.2) is 17.4 Å². The highest BCUT2D eigenvalue weighted by Crippen LogP contribution is 2.17. The number of carbonyl (C=O) groups excluding carboxylic acids is 1. The molecule has 1 heterocycles. The molecule has 0 aliphatic carbocycles. The summed E-state index contributed by atoms with van der Waals surface area (Å²) in [7, 11) is 0. The highest BCUT2D eigenvalue weighted by molar-refractivity contribution is 5.89. The van der Waals surface area contributed by atoms with Gasteiger partial charge in [0, 0.05) is 18.4 Å². The standard InChI is InChI=1S/C18H23N2O/c1-13(11-17-12-20-15(3)14(17)2)18(21)19-10-9-16-7-5-4-6-8-16/h4-8,12,20H,9-11H2,1-3H3,(H,19,21). The highest BCUT2D eigenvalue weighted by atomic mass is 16.1. The van der Waals surface area contributed by atoms with Gasteiger partial charge in [0.2, 0.25) is 5.91 Å². The third kappa shape index (κ3) is 4.22. The van der Waals surface area contributed by atoms with Crippen molar-refractivity contribution < 1.29 is 4.79 Å². The number of aromatic nitrogens is 1. The van der Waals surface area contributed by atoms with E-state index >= 15 is 0 Å². The van der Waals surface area contributed by atoms with Crippen molar-refractivity contribution in [3.05, 3.63) is 64.8 Å². The van der Waals surface area contributed by atoms with Crippen LogP contribution in [0.1, 0.15) is 29.3 Å². The van der Waals surface area contributed by atoms with Gasteiger partial charge in [-0.3, -0.25) is 4.79 Å². The fraction of sp³-hybridized carbons (Fsp3) is 0.333. The lowest BCUT2D eigenvalue weighted by atomic mass is 9.99. The summed E-state index contributed by atoms with van der Waals surface area (Å²) < 4.78 is 0. The minimum Gasteiger partial charge on any atom is -0.365 e. The van der Waals surface area contributed by atoms with Gasteiger partial charge in [-0.25, -0.2) is 0 Å². The Labute approximate surface area is 126 Å². The Morgan fingerprint density at radius 1 is 1.19 bits per heavy atom. The Hall–Kier alpha value is -2.03. The molecule has 1 aromatic heterocycles. The Bertz CT molecular complexity index is 587. The number of hydrogen-bond acceptors (Lipinski definition) is 1. The van der Waals surface area contributed by atoms with Gasteiger partial charge in [0.05, 0.1) is 5.92 Å². The molecule has 21 heavy (non-hydrogen) atoms. The van der Waals surface area contributed by atoms with Crippen LogP contribution in [0.2, 0.25) is 0 Å². The van der Waals surface area contributed by atoms with Gasteiger partial charge in [-0.2, -0.15) is 0 Å². The van der Waals surface area contributed by atoms with E-state index in [0.717, 1.165) is 12.3 Å². The lowest BCUT2D eigenvalue weighted by molar-refractivity contribution is -0.119. The van der Waals surface area contributed by atoms with Gasteiger partial charge in [-0.15, -0.1) is 0 Å². The molecule has 0 saturated carbocycles. The normalized spacial score (nSPS) is 10.9. The van der Waals surface area contributed by atoms with Crippen molar-refractivity contribution in [3.8, 4) is 0 Å². The minimum atomic E-state index is 0.0455. The fourth-order valence-corrected chi connectivity index (χ4v) is 2.32. The number of carbonyl (C=O) groups is 1. The molecule has 1 radical (unpaired) electrons. The van der Waals surface area contributed by atoms with Crippen molar-refractivity contribution in [2.75, 3.05) is 6.54 Å². The molecule has 1 amide bonds. The summed E-state index contributed by atoms with van der Waals surface area (Å²) in [6.07, 6.45) is 3.56. The molecule has 2 N–H and O–H groups in total.